The Morgan fingerprint density at radius 2 is 1.88 bits per heavy atom. The second kappa shape index (κ2) is 7.25. The predicted octanol–water partition coefficient (Wildman–Crippen LogP) is 3.44. The summed E-state index contributed by atoms with van der Waals surface area (Å²) in [4.78, 5) is 22.8. The van der Waals surface area contributed by atoms with E-state index in [2.05, 4.69) is 6.58 Å². The van der Waals surface area contributed by atoms with Crippen LogP contribution >= 0.6 is 0 Å². The lowest BCUT2D eigenvalue weighted by molar-refractivity contribution is -0.147. The number of carboxylic acid groups (broad SMARTS) is 1. The number of unbranched alkanes of at least 4 members (excludes halogenated alkanes) is 2. The number of hydrogen-bond donors (Lipinski definition) is 1. The molecular weight excluding hydrogens is 216 g/mol. The molecule has 0 spiro atoms. The summed E-state index contributed by atoms with van der Waals surface area (Å²) in [7, 11) is 0. The third kappa shape index (κ3) is 6.93. The van der Waals surface area contributed by atoms with Gasteiger partial charge in [0.25, 0.3) is 0 Å². The van der Waals surface area contributed by atoms with Crippen LogP contribution in [0.4, 0.5) is 0 Å². The van der Waals surface area contributed by atoms with Gasteiger partial charge in [0, 0.05) is 12.8 Å². The molecule has 1 N–H and O–H groups in total. The Morgan fingerprint density at radius 3 is 2.29 bits per heavy atom. The highest BCUT2D eigenvalue weighted by atomic mass is 16.4. The molecule has 0 radical (unpaired) electrons. The zero-order valence-corrected chi connectivity index (χ0v) is 11.2. The maximum absolute atomic E-state index is 11.7. The first kappa shape index (κ1) is 15.9. The second-order valence-corrected chi connectivity index (χ2v) is 5.53. The molecule has 3 heteroatoms. The Morgan fingerprint density at radius 1 is 1.29 bits per heavy atom. The molecule has 0 unspecified atom stereocenters. The average Bonchev–Trinajstić information content (AvgIpc) is 2.19. The Hall–Kier alpha value is -1.12. The molecule has 0 saturated heterocycles. The van der Waals surface area contributed by atoms with E-state index in [-0.39, 0.29) is 17.6 Å². The maximum Gasteiger partial charge on any atom is 0.307 e. The molecule has 98 valence electrons. The van der Waals surface area contributed by atoms with Crippen LogP contribution in [0, 0.1) is 11.3 Å². The molecule has 0 fully saturated rings. The molecule has 0 aromatic heterocycles. The molecule has 0 aliphatic carbocycles. The van der Waals surface area contributed by atoms with Gasteiger partial charge in [-0.05, 0) is 24.7 Å². The molecular formula is C14H24O3. The Kier molecular flexibility index (Phi) is 6.78. The second-order valence-electron chi connectivity index (χ2n) is 5.53. The van der Waals surface area contributed by atoms with Gasteiger partial charge in [0.2, 0.25) is 0 Å². The fourth-order valence-corrected chi connectivity index (χ4v) is 1.70. The van der Waals surface area contributed by atoms with Crippen molar-refractivity contribution in [1.29, 1.82) is 0 Å². The molecule has 0 heterocycles. The van der Waals surface area contributed by atoms with Crippen molar-refractivity contribution in [3.05, 3.63) is 12.7 Å². The van der Waals surface area contributed by atoms with Gasteiger partial charge in [0.1, 0.15) is 5.78 Å². The minimum atomic E-state index is -0.878. The number of allylic oxidation sites excluding steroid dienone is 1. The molecule has 0 bridgehead atoms. The number of aliphatic carboxylic acids is 1. The van der Waals surface area contributed by atoms with Gasteiger partial charge in [-0.25, -0.2) is 0 Å². The summed E-state index contributed by atoms with van der Waals surface area (Å²) in [6.07, 6.45) is 5.14. The fraction of sp³-hybridized carbons (Fsp3) is 0.714. The van der Waals surface area contributed by atoms with Crippen molar-refractivity contribution in [2.45, 2.75) is 52.9 Å². The van der Waals surface area contributed by atoms with Crippen molar-refractivity contribution < 1.29 is 14.7 Å². The minimum Gasteiger partial charge on any atom is -0.481 e. The van der Waals surface area contributed by atoms with Gasteiger partial charge in [0.05, 0.1) is 5.92 Å². The standard InChI is InChI=1S/C14H24O3/c1-5-6-7-8-9-11(15)10-12(13(16)17)14(2,3)4/h5,12H,1,6-10H2,2-4H3,(H,16,17)/t12-/m1/s1. The SMILES string of the molecule is C=CCCCCC(=O)C[C@H](C(=O)O)C(C)(C)C. The molecule has 0 rings (SSSR count). The minimum absolute atomic E-state index is 0.0522. The number of Topliss-reactive ketones (excluding diaryl/α,β-unsaturated/α-hetero) is 1. The van der Waals surface area contributed by atoms with Gasteiger partial charge in [-0.1, -0.05) is 26.8 Å². The van der Waals surface area contributed by atoms with Gasteiger partial charge < -0.3 is 5.11 Å². The van der Waals surface area contributed by atoms with E-state index in [1.807, 2.05) is 26.8 Å². The highest BCUT2D eigenvalue weighted by Crippen LogP contribution is 2.29. The molecule has 0 aliphatic heterocycles. The Bertz CT molecular complexity index is 274. The highest BCUT2D eigenvalue weighted by Gasteiger charge is 2.32. The largest absolute Gasteiger partial charge is 0.481 e. The Labute approximate surface area is 104 Å². The van der Waals surface area contributed by atoms with Crippen LogP contribution in [0.5, 0.6) is 0 Å². The lowest BCUT2D eigenvalue weighted by Crippen LogP contribution is -2.30. The van der Waals surface area contributed by atoms with Crippen molar-refractivity contribution in [3.63, 3.8) is 0 Å². The number of hydrogen-bond acceptors (Lipinski definition) is 2. The van der Waals surface area contributed by atoms with Gasteiger partial charge in [-0.2, -0.15) is 0 Å². The topological polar surface area (TPSA) is 54.4 Å². The van der Waals surface area contributed by atoms with Crippen LogP contribution in [0.3, 0.4) is 0 Å². The van der Waals surface area contributed by atoms with E-state index in [9.17, 15) is 9.59 Å². The lowest BCUT2D eigenvalue weighted by atomic mass is 9.77. The van der Waals surface area contributed by atoms with E-state index in [4.69, 9.17) is 5.11 Å². The molecule has 17 heavy (non-hydrogen) atoms. The Balaban J connectivity index is 4.15. The van der Waals surface area contributed by atoms with Crippen LogP contribution < -0.4 is 0 Å². The summed E-state index contributed by atoms with van der Waals surface area (Å²) in [5.74, 6) is -1.41. The van der Waals surface area contributed by atoms with E-state index in [1.165, 1.54) is 0 Å². The van der Waals surface area contributed by atoms with E-state index < -0.39 is 11.9 Å². The van der Waals surface area contributed by atoms with Crippen molar-refractivity contribution in [2.75, 3.05) is 0 Å². The van der Waals surface area contributed by atoms with Crippen LogP contribution in [-0.4, -0.2) is 16.9 Å². The molecule has 0 saturated carbocycles. The molecule has 0 aromatic rings. The average molecular weight is 240 g/mol. The summed E-state index contributed by atoms with van der Waals surface area (Å²) in [5, 5.41) is 9.10. The lowest BCUT2D eigenvalue weighted by Gasteiger charge is -2.26. The number of rotatable bonds is 8. The molecule has 0 aromatic carbocycles. The van der Waals surface area contributed by atoms with Crippen LogP contribution in [0.2, 0.25) is 0 Å². The number of carbonyl (C=O) groups is 2. The van der Waals surface area contributed by atoms with Gasteiger partial charge in [-0.3, -0.25) is 9.59 Å². The maximum atomic E-state index is 11.7. The van der Waals surface area contributed by atoms with Crippen molar-refractivity contribution in [2.24, 2.45) is 11.3 Å². The first-order chi connectivity index (χ1) is 7.79. The van der Waals surface area contributed by atoms with Crippen LogP contribution in [0.1, 0.15) is 52.9 Å². The van der Waals surface area contributed by atoms with Gasteiger partial charge >= 0.3 is 5.97 Å². The summed E-state index contributed by atoms with van der Waals surface area (Å²) < 4.78 is 0. The fourth-order valence-electron chi connectivity index (χ4n) is 1.70. The zero-order chi connectivity index (χ0) is 13.5. The number of carbonyl (C=O) groups excluding carboxylic acids is 1. The van der Waals surface area contributed by atoms with E-state index >= 15 is 0 Å². The summed E-state index contributed by atoms with van der Waals surface area (Å²) in [6.45, 7) is 9.19. The van der Waals surface area contributed by atoms with Crippen molar-refractivity contribution in [3.8, 4) is 0 Å². The molecule has 0 aliphatic rings. The third-order valence-corrected chi connectivity index (χ3v) is 2.89. The highest BCUT2D eigenvalue weighted by molar-refractivity contribution is 5.84. The number of ketones is 1. The first-order valence-corrected chi connectivity index (χ1v) is 6.14. The van der Waals surface area contributed by atoms with Crippen LogP contribution in [0.15, 0.2) is 12.7 Å². The molecule has 0 amide bonds. The predicted molar refractivity (Wildman–Crippen MR) is 68.9 cm³/mol. The smallest absolute Gasteiger partial charge is 0.307 e. The molecule has 3 nitrogen and oxygen atoms in total. The summed E-state index contributed by atoms with van der Waals surface area (Å²) >= 11 is 0. The number of carboxylic acids is 1. The zero-order valence-electron chi connectivity index (χ0n) is 11.2. The van der Waals surface area contributed by atoms with Gasteiger partial charge in [-0.15, -0.1) is 6.58 Å². The molecule has 1 atom stereocenters. The third-order valence-electron chi connectivity index (χ3n) is 2.89. The van der Waals surface area contributed by atoms with Crippen molar-refractivity contribution >= 4 is 11.8 Å². The summed E-state index contributed by atoms with van der Waals surface area (Å²) in [6, 6.07) is 0. The van der Waals surface area contributed by atoms with E-state index in [0.717, 1.165) is 19.3 Å². The normalized spacial score (nSPS) is 13.1. The monoisotopic (exact) mass is 240 g/mol. The van der Waals surface area contributed by atoms with E-state index in [1.54, 1.807) is 0 Å². The van der Waals surface area contributed by atoms with Crippen LogP contribution in [0.25, 0.3) is 0 Å². The van der Waals surface area contributed by atoms with E-state index in [0.29, 0.717) is 6.42 Å². The van der Waals surface area contributed by atoms with Crippen LogP contribution in [-0.2, 0) is 9.59 Å². The van der Waals surface area contributed by atoms with Gasteiger partial charge in [0.15, 0.2) is 0 Å². The quantitative estimate of drug-likeness (QED) is 0.522. The van der Waals surface area contributed by atoms with Crippen molar-refractivity contribution in [1.82, 2.24) is 0 Å². The first-order valence-electron chi connectivity index (χ1n) is 6.14. The summed E-state index contributed by atoms with van der Waals surface area (Å²) in [5.41, 5.74) is -0.372.